The van der Waals surface area contributed by atoms with Gasteiger partial charge in [0, 0.05) is 43.0 Å². The van der Waals surface area contributed by atoms with Crippen molar-refractivity contribution < 1.29 is 13.2 Å². The van der Waals surface area contributed by atoms with Crippen molar-refractivity contribution in [2.24, 2.45) is 7.05 Å². The molecule has 4 rings (SSSR count). The molecule has 0 bridgehead atoms. The minimum atomic E-state index is -4.41. The average molecular weight is 426 g/mol. The number of hydrogen-bond acceptors (Lipinski definition) is 7. The topological polar surface area (TPSA) is 107 Å². The number of aryl methyl sites for hydroxylation is 1. The van der Waals surface area contributed by atoms with Crippen LogP contribution in [0.3, 0.4) is 0 Å². The van der Waals surface area contributed by atoms with Crippen LogP contribution in [0.4, 0.5) is 42.1 Å². The molecule has 0 radical (unpaired) electrons. The monoisotopic (exact) mass is 426 g/mol. The fourth-order valence-electron chi connectivity index (χ4n) is 2.87. The third-order valence-electron chi connectivity index (χ3n) is 4.32. The van der Waals surface area contributed by atoms with Crippen molar-refractivity contribution in [3.05, 3.63) is 66.7 Å². The highest BCUT2D eigenvalue weighted by molar-refractivity contribution is 5.79. The van der Waals surface area contributed by atoms with Crippen molar-refractivity contribution in [3.63, 3.8) is 0 Å². The number of alkyl halides is 3. The van der Waals surface area contributed by atoms with Gasteiger partial charge >= 0.3 is 6.18 Å². The van der Waals surface area contributed by atoms with Gasteiger partial charge in [0.1, 0.15) is 11.6 Å². The smallest absolute Gasteiger partial charge is 0.384 e. The van der Waals surface area contributed by atoms with Gasteiger partial charge in [-0.3, -0.25) is 4.68 Å². The lowest BCUT2D eigenvalue weighted by Crippen LogP contribution is -2.05. The maximum Gasteiger partial charge on any atom is 0.416 e. The van der Waals surface area contributed by atoms with E-state index < -0.39 is 11.7 Å². The Labute approximate surface area is 175 Å². The van der Waals surface area contributed by atoms with E-state index >= 15 is 0 Å². The van der Waals surface area contributed by atoms with Crippen LogP contribution < -0.4 is 16.4 Å². The summed E-state index contributed by atoms with van der Waals surface area (Å²) in [6, 6.07) is 8.11. The molecule has 31 heavy (non-hydrogen) atoms. The highest BCUT2D eigenvalue weighted by atomic mass is 19.4. The highest BCUT2D eigenvalue weighted by Gasteiger charge is 2.30. The molecule has 158 valence electrons. The number of benzene rings is 1. The van der Waals surface area contributed by atoms with Crippen molar-refractivity contribution in [1.82, 2.24) is 24.7 Å². The summed E-state index contributed by atoms with van der Waals surface area (Å²) in [6.07, 6.45) is 2.02. The van der Waals surface area contributed by atoms with Gasteiger partial charge < -0.3 is 16.4 Å². The van der Waals surface area contributed by atoms with Crippen molar-refractivity contribution in [1.29, 1.82) is 0 Å². The standard InChI is InChI=1S/C20H17F3N8/c1-31-11-15(9-27-31)29-19-26-10-16(12-2-4-13(5-3-12)20(21,22)23)18(30-19)28-14-6-7-25-17(24)8-14/h2-11H,1H3,(H4,24,25,26,28,29,30). The summed E-state index contributed by atoms with van der Waals surface area (Å²) < 4.78 is 40.4. The normalized spacial score (nSPS) is 11.4. The highest BCUT2D eigenvalue weighted by Crippen LogP contribution is 2.34. The number of halogens is 3. The predicted octanol–water partition coefficient (Wildman–Crippen LogP) is 4.36. The van der Waals surface area contributed by atoms with Crippen molar-refractivity contribution in [3.8, 4) is 11.1 Å². The number of nitrogens with one attached hydrogen (secondary N) is 2. The lowest BCUT2D eigenvalue weighted by Gasteiger charge is -2.14. The Morgan fingerprint density at radius 2 is 1.74 bits per heavy atom. The zero-order chi connectivity index (χ0) is 22.0. The van der Waals surface area contributed by atoms with Crippen LogP contribution >= 0.6 is 0 Å². The van der Waals surface area contributed by atoms with Crippen molar-refractivity contribution in [2.45, 2.75) is 6.18 Å². The van der Waals surface area contributed by atoms with Gasteiger partial charge in [-0.05, 0) is 23.8 Å². The molecule has 3 aromatic heterocycles. The molecule has 8 nitrogen and oxygen atoms in total. The molecule has 0 saturated carbocycles. The first-order valence-electron chi connectivity index (χ1n) is 9.07. The van der Waals surface area contributed by atoms with Crippen LogP contribution in [0.25, 0.3) is 11.1 Å². The molecular formula is C20H17F3N8. The molecule has 11 heteroatoms. The predicted molar refractivity (Wildman–Crippen MR) is 111 cm³/mol. The zero-order valence-corrected chi connectivity index (χ0v) is 16.2. The summed E-state index contributed by atoms with van der Waals surface area (Å²) in [4.78, 5) is 12.7. The van der Waals surface area contributed by atoms with E-state index in [0.717, 1.165) is 12.1 Å². The molecular weight excluding hydrogens is 409 g/mol. The Morgan fingerprint density at radius 1 is 0.968 bits per heavy atom. The zero-order valence-electron chi connectivity index (χ0n) is 16.2. The minimum Gasteiger partial charge on any atom is -0.384 e. The molecule has 0 amide bonds. The van der Waals surface area contributed by atoms with E-state index in [0.29, 0.717) is 34.1 Å². The van der Waals surface area contributed by atoms with Gasteiger partial charge in [-0.2, -0.15) is 23.3 Å². The van der Waals surface area contributed by atoms with Gasteiger partial charge in [0.25, 0.3) is 0 Å². The molecule has 0 aliphatic carbocycles. The van der Waals surface area contributed by atoms with E-state index in [-0.39, 0.29) is 5.95 Å². The third-order valence-corrected chi connectivity index (χ3v) is 4.32. The maximum absolute atomic E-state index is 12.9. The molecule has 0 fully saturated rings. The molecule has 4 N–H and O–H groups in total. The van der Waals surface area contributed by atoms with Crippen molar-refractivity contribution >= 4 is 29.0 Å². The van der Waals surface area contributed by atoms with Crippen molar-refractivity contribution in [2.75, 3.05) is 16.4 Å². The second-order valence-electron chi connectivity index (χ2n) is 6.65. The lowest BCUT2D eigenvalue weighted by atomic mass is 10.1. The van der Waals surface area contributed by atoms with Crippen LogP contribution in [0.1, 0.15) is 5.56 Å². The number of hydrogen-bond donors (Lipinski definition) is 3. The van der Waals surface area contributed by atoms with Gasteiger partial charge in [-0.25, -0.2) is 9.97 Å². The third kappa shape index (κ3) is 4.71. The molecule has 0 unspecified atom stereocenters. The van der Waals surface area contributed by atoms with Crippen LogP contribution in [0, 0.1) is 0 Å². The maximum atomic E-state index is 12.9. The van der Waals surface area contributed by atoms with Crippen LogP contribution in [-0.2, 0) is 13.2 Å². The van der Waals surface area contributed by atoms with E-state index in [9.17, 15) is 13.2 Å². The number of nitrogens with two attached hydrogens (primary N) is 1. The Kier molecular flexibility index (Phi) is 5.15. The number of rotatable bonds is 5. The fourth-order valence-corrected chi connectivity index (χ4v) is 2.87. The lowest BCUT2D eigenvalue weighted by molar-refractivity contribution is -0.137. The molecule has 0 spiro atoms. The second-order valence-corrected chi connectivity index (χ2v) is 6.65. The molecule has 0 aliphatic heterocycles. The van der Waals surface area contributed by atoms with Gasteiger partial charge in [0.15, 0.2) is 0 Å². The van der Waals surface area contributed by atoms with E-state index in [4.69, 9.17) is 5.73 Å². The Hall–Kier alpha value is -4.15. The van der Waals surface area contributed by atoms with E-state index in [1.807, 2.05) is 0 Å². The van der Waals surface area contributed by atoms with E-state index in [2.05, 4.69) is 30.7 Å². The minimum absolute atomic E-state index is 0.285. The van der Waals surface area contributed by atoms with Crippen LogP contribution in [0.2, 0.25) is 0 Å². The van der Waals surface area contributed by atoms with Gasteiger partial charge in [-0.15, -0.1) is 0 Å². The number of pyridine rings is 1. The number of nitrogen functional groups attached to an aromatic ring is 1. The van der Waals surface area contributed by atoms with Gasteiger partial charge in [0.2, 0.25) is 5.95 Å². The molecule has 4 aromatic rings. The number of nitrogens with zero attached hydrogens (tertiary/aromatic N) is 5. The molecule has 0 aliphatic rings. The fraction of sp³-hybridized carbons (Fsp3) is 0.100. The summed E-state index contributed by atoms with van der Waals surface area (Å²) >= 11 is 0. The molecule has 0 saturated heterocycles. The Balaban J connectivity index is 1.72. The summed E-state index contributed by atoms with van der Waals surface area (Å²) in [5.41, 5.74) is 7.34. The second kappa shape index (κ2) is 7.94. The van der Waals surface area contributed by atoms with Crippen LogP contribution in [-0.4, -0.2) is 24.7 Å². The summed E-state index contributed by atoms with van der Waals surface area (Å²) in [5, 5.41) is 10.2. The Bertz CT molecular complexity index is 1200. The first-order chi connectivity index (χ1) is 14.8. The summed E-state index contributed by atoms with van der Waals surface area (Å²) in [7, 11) is 1.78. The first kappa shape index (κ1) is 20.1. The first-order valence-corrected chi connectivity index (χ1v) is 9.07. The van der Waals surface area contributed by atoms with E-state index in [1.54, 1.807) is 36.3 Å². The van der Waals surface area contributed by atoms with E-state index in [1.165, 1.54) is 24.5 Å². The van der Waals surface area contributed by atoms with Crippen LogP contribution in [0.5, 0.6) is 0 Å². The summed E-state index contributed by atoms with van der Waals surface area (Å²) in [5.74, 6) is 0.976. The van der Waals surface area contributed by atoms with Gasteiger partial charge in [-0.1, -0.05) is 12.1 Å². The number of aromatic nitrogens is 5. The molecule has 1 aromatic carbocycles. The Morgan fingerprint density at radius 3 is 2.39 bits per heavy atom. The SMILES string of the molecule is Cn1cc(Nc2ncc(-c3ccc(C(F)(F)F)cc3)c(Nc3ccnc(N)c3)n2)cn1. The molecule has 0 atom stereocenters. The molecule has 3 heterocycles. The largest absolute Gasteiger partial charge is 0.416 e. The average Bonchev–Trinajstić information content (AvgIpc) is 3.12. The van der Waals surface area contributed by atoms with Crippen LogP contribution in [0.15, 0.2) is 61.2 Å². The summed E-state index contributed by atoms with van der Waals surface area (Å²) in [6.45, 7) is 0. The quantitative estimate of drug-likeness (QED) is 0.435. The van der Waals surface area contributed by atoms with Gasteiger partial charge in [0.05, 0.1) is 17.4 Å². The number of anilines is 5.